The van der Waals surface area contributed by atoms with E-state index in [0.29, 0.717) is 31.7 Å². The molecule has 6 nitrogen and oxygen atoms in total. The van der Waals surface area contributed by atoms with Crippen molar-refractivity contribution in [3.05, 3.63) is 83.3 Å². The average Bonchev–Trinajstić information content (AvgIpc) is 3.50. The Morgan fingerprint density at radius 3 is 2.53 bits per heavy atom. The fraction of sp³-hybridized carbons (Fsp3) is 0.240. The fourth-order valence-electron chi connectivity index (χ4n) is 4.02. The SMILES string of the molecule is O=C(Nc1ccc(Cc2nc3ccccc3s2)cc1)C1CCN(C(=O)c2ccco2)CC1. The van der Waals surface area contributed by atoms with E-state index in [9.17, 15) is 9.59 Å². The number of carbonyl (C=O) groups excluding carboxylic acids is 2. The zero-order chi connectivity index (χ0) is 21.9. The van der Waals surface area contributed by atoms with Crippen LogP contribution in [0.15, 0.2) is 71.3 Å². The maximum atomic E-state index is 12.7. The van der Waals surface area contributed by atoms with Crippen LogP contribution >= 0.6 is 11.3 Å². The van der Waals surface area contributed by atoms with Gasteiger partial charge in [0.15, 0.2) is 5.76 Å². The number of nitrogens with one attached hydrogen (secondary N) is 1. The molecule has 5 rings (SSSR count). The minimum absolute atomic E-state index is 0.00835. The van der Waals surface area contributed by atoms with E-state index in [-0.39, 0.29) is 17.7 Å². The summed E-state index contributed by atoms with van der Waals surface area (Å²) in [4.78, 5) is 31.5. The molecule has 32 heavy (non-hydrogen) atoms. The summed E-state index contributed by atoms with van der Waals surface area (Å²) in [6.45, 7) is 1.11. The van der Waals surface area contributed by atoms with Crippen molar-refractivity contribution >= 4 is 39.1 Å². The highest BCUT2D eigenvalue weighted by molar-refractivity contribution is 7.18. The van der Waals surface area contributed by atoms with Gasteiger partial charge in [-0.1, -0.05) is 24.3 Å². The van der Waals surface area contributed by atoms with E-state index < -0.39 is 0 Å². The van der Waals surface area contributed by atoms with Gasteiger partial charge in [-0.3, -0.25) is 9.59 Å². The molecule has 2 aromatic carbocycles. The first-order valence-electron chi connectivity index (χ1n) is 10.7. The predicted octanol–water partition coefficient (Wildman–Crippen LogP) is 4.97. The lowest BCUT2D eigenvalue weighted by molar-refractivity contribution is -0.121. The van der Waals surface area contributed by atoms with Crippen molar-refractivity contribution in [2.75, 3.05) is 18.4 Å². The molecule has 162 valence electrons. The Labute approximate surface area is 189 Å². The van der Waals surface area contributed by atoms with Crippen molar-refractivity contribution < 1.29 is 14.0 Å². The van der Waals surface area contributed by atoms with Crippen LogP contribution in [0.4, 0.5) is 5.69 Å². The predicted molar refractivity (Wildman–Crippen MR) is 125 cm³/mol. The second kappa shape index (κ2) is 8.96. The maximum Gasteiger partial charge on any atom is 0.289 e. The standard InChI is InChI=1S/C25H23N3O3S/c29-24(18-11-13-28(14-12-18)25(30)21-5-3-15-31-21)26-19-9-7-17(8-10-19)16-23-27-20-4-1-2-6-22(20)32-23/h1-10,15,18H,11-14,16H2,(H,26,29). The monoisotopic (exact) mass is 445 g/mol. The third-order valence-electron chi connectivity index (χ3n) is 5.80. The van der Waals surface area contributed by atoms with Gasteiger partial charge in [0.2, 0.25) is 5.91 Å². The number of hydrogen-bond donors (Lipinski definition) is 1. The summed E-state index contributed by atoms with van der Waals surface area (Å²) in [5.41, 5.74) is 2.98. The molecule has 0 bridgehead atoms. The molecular formula is C25H23N3O3S. The van der Waals surface area contributed by atoms with Gasteiger partial charge in [0.05, 0.1) is 21.5 Å². The molecule has 0 radical (unpaired) electrons. The first-order valence-corrected chi connectivity index (χ1v) is 11.5. The lowest BCUT2D eigenvalue weighted by atomic mass is 9.95. The van der Waals surface area contributed by atoms with Crippen molar-refractivity contribution in [1.29, 1.82) is 0 Å². The van der Waals surface area contributed by atoms with Gasteiger partial charge in [0.1, 0.15) is 0 Å². The number of furan rings is 1. The molecule has 7 heteroatoms. The molecule has 0 unspecified atom stereocenters. The van der Waals surface area contributed by atoms with E-state index in [1.54, 1.807) is 28.4 Å². The zero-order valence-corrected chi connectivity index (χ0v) is 18.3. The highest BCUT2D eigenvalue weighted by Crippen LogP contribution is 2.25. The zero-order valence-electron chi connectivity index (χ0n) is 17.5. The van der Waals surface area contributed by atoms with Crippen LogP contribution in [0.3, 0.4) is 0 Å². The molecule has 2 amide bonds. The summed E-state index contributed by atoms with van der Waals surface area (Å²) in [5.74, 6) is 0.142. The summed E-state index contributed by atoms with van der Waals surface area (Å²) in [6, 6.07) is 19.5. The number of thiazole rings is 1. The summed E-state index contributed by atoms with van der Waals surface area (Å²) >= 11 is 1.71. The second-order valence-electron chi connectivity index (χ2n) is 7.98. The van der Waals surface area contributed by atoms with E-state index in [4.69, 9.17) is 4.42 Å². The topological polar surface area (TPSA) is 75.4 Å². The first-order chi connectivity index (χ1) is 15.7. The number of aromatic nitrogens is 1. The minimum atomic E-state index is -0.113. The molecule has 0 atom stereocenters. The number of anilines is 1. The van der Waals surface area contributed by atoms with Gasteiger partial charge < -0.3 is 14.6 Å². The number of hydrogen-bond acceptors (Lipinski definition) is 5. The Bertz CT molecular complexity index is 1190. The molecular weight excluding hydrogens is 422 g/mol. The van der Waals surface area contributed by atoms with E-state index in [1.165, 1.54) is 11.0 Å². The lowest BCUT2D eigenvalue weighted by Gasteiger charge is -2.30. The number of likely N-dealkylation sites (tertiary alicyclic amines) is 1. The number of carbonyl (C=O) groups is 2. The number of amides is 2. The van der Waals surface area contributed by atoms with Gasteiger partial charge >= 0.3 is 0 Å². The van der Waals surface area contributed by atoms with Crippen LogP contribution in [0.2, 0.25) is 0 Å². The fourth-order valence-corrected chi connectivity index (χ4v) is 5.02. The van der Waals surface area contributed by atoms with E-state index in [2.05, 4.69) is 16.4 Å². The Hall–Kier alpha value is -3.45. The number of rotatable bonds is 5. The summed E-state index contributed by atoms with van der Waals surface area (Å²) in [7, 11) is 0. The quantitative estimate of drug-likeness (QED) is 0.471. The third kappa shape index (κ3) is 4.43. The van der Waals surface area contributed by atoms with E-state index in [1.807, 2.05) is 42.5 Å². The van der Waals surface area contributed by atoms with Crippen LogP contribution in [0.1, 0.15) is 34.0 Å². The van der Waals surface area contributed by atoms with Gasteiger partial charge in [0.25, 0.3) is 5.91 Å². The average molecular weight is 446 g/mol. The Kier molecular flexibility index (Phi) is 5.73. The number of fused-ring (bicyclic) bond motifs is 1. The molecule has 3 heterocycles. The Morgan fingerprint density at radius 1 is 1.03 bits per heavy atom. The first kappa shape index (κ1) is 20.5. The van der Waals surface area contributed by atoms with Crippen LogP contribution in [-0.4, -0.2) is 34.8 Å². The Balaban J connectivity index is 1.14. The smallest absolute Gasteiger partial charge is 0.289 e. The van der Waals surface area contributed by atoms with Crippen LogP contribution in [0.25, 0.3) is 10.2 Å². The summed E-state index contributed by atoms with van der Waals surface area (Å²) in [6.07, 6.45) is 3.56. The van der Waals surface area contributed by atoms with Crippen molar-refractivity contribution in [1.82, 2.24) is 9.88 Å². The molecule has 2 aromatic heterocycles. The molecule has 1 N–H and O–H groups in total. The molecule has 1 aliphatic heterocycles. The maximum absolute atomic E-state index is 12.7. The largest absolute Gasteiger partial charge is 0.459 e. The second-order valence-corrected chi connectivity index (χ2v) is 9.10. The lowest BCUT2D eigenvalue weighted by Crippen LogP contribution is -2.41. The van der Waals surface area contributed by atoms with Gasteiger partial charge in [-0.15, -0.1) is 11.3 Å². The van der Waals surface area contributed by atoms with Crippen molar-refractivity contribution in [2.45, 2.75) is 19.3 Å². The molecule has 1 aliphatic rings. The number of piperidine rings is 1. The number of nitrogens with zero attached hydrogens (tertiary/aromatic N) is 2. The van der Waals surface area contributed by atoms with E-state index in [0.717, 1.165) is 28.2 Å². The highest BCUT2D eigenvalue weighted by Gasteiger charge is 2.28. The molecule has 0 aliphatic carbocycles. The molecule has 0 spiro atoms. The van der Waals surface area contributed by atoms with Crippen molar-refractivity contribution in [3.8, 4) is 0 Å². The summed E-state index contributed by atoms with van der Waals surface area (Å²) in [5, 5.41) is 4.10. The van der Waals surface area contributed by atoms with Crippen LogP contribution in [-0.2, 0) is 11.2 Å². The molecule has 4 aromatic rings. The normalized spacial score (nSPS) is 14.6. The van der Waals surface area contributed by atoms with Crippen molar-refractivity contribution in [2.24, 2.45) is 5.92 Å². The number of para-hydroxylation sites is 1. The highest BCUT2D eigenvalue weighted by atomic mass is 32.1. The van der Waals surface area contributed by atoms with Crippen LogP contribution < -0.4 is 5.32 Å². The molecule has 1 saturated heterocycles. The van der Waals surface area contributed by atoms with Crippen LogP contribution in [0.5, 0.6) is 0 Å². The van der Waals surface area contributed by atoms with Gasteiger partial charge in [-0.2, -0.15) is 0 Å². The van der Waals surface area contributed by atoms with Gasteiger partial charge in [-0.05, 0) is 54.8 Å². The van der Waals surface area contributed by atoms with Gasteiger partial charge in [0, 0.05) is 31.1 Å². The van der Waals surface area contributed by atoms with Crippen LogP contribution in [0, 0.1) is 5.92 Å². The summed E-state index contributed by atoms with van der Waals surface area (Å²) < 4.78 is 6.39. The molecule has 1 fully saturated rings. The Morgan fingerprint density at radius 2 is 1.81 bits per heavy atom. The van der Waals surface area contributed by atoms with E-state index >= 15 is 0 Å². The minimum Gasteiger partial charge on any atom is -0.459 e. The molecule has 0 saturated carbocycles. The third-order valence-corrected chi connectivity index (χ3v) is 6.84. The number of benzene rings is 2. The van der Waals surface area contributed by atoms with Gasteiger partial charge in [-0.25, -0.2) is 4.98 Å². The van der Waals surface area contributed by atoms with Crippen molar-refractivity contribution in [3.63, 3.8) is 0 Å².